The van der Waals surface area contributed by atoms with Gasteiger partial charge in [0.05, 0.1) is 12.2 Å². The van der Waals surface area contributed by atoms with Crippen LogP contribution < -0.4 is 0 Å². The van der Waals surface area contributed by atoms with Gasteiger partial charge in [0.25, 0.3) is 0 Å². The van der Waals surface area contributed by atoms with Crippen molar-refractivity contribution in [2.75, 3.05) is 0 Å². The summed E-state index contributed by atoms with van der Waals surface area (Å²) in [5.74, 6) is 0. The monoisotopic (exact) mass is 173 g/mol. The number of aryl methyl sites for hydroxylation is 1. The maximum Gasteiger partial charge on any atom is 0.0831 e. The van der Waals surface area contributed by atoms with Gasteiger partial charge < -0.3 is 0 Å². The van der Waals surface area contributed by atoms with Crippen molar-refractivity contribution in [3.8, 4) is 0 Å². The molecule has 0 aliphatic heterocycles. The van der Waals surface area contributed by atoms with Gasteiger partial charge >= 0.3 is 0 Å². The van der Waals surface area contributed by atoms with Gasteiger partial charge in [0.1, 0.15) is 0 Å². The minimum Gasteiger partial charge on any atom is -0.267 e. The highest BCUT2D eigenvalue weighted by atomic mass is 15.3. The fourth-order valence-corrected chi connectivity index (χ4v) is 1.25. The molecule has 0 unspecified atom stereocenters. The summed E-state index contributed by atoms with van der Waals surface area (Å²) in [6, 6.07) is 7.93. The van der Waals surface area contributed by atoms with Gasteiger partial charge in [-0.1, -0.05) is 6.07 Å². The molecule has 0 fully saturated rings. The summed E-state index contributed by atoms with van der Waals surface area (Å²) in [5.41, 5.74) is 2.09. The normalized spacial score (nSPS) is 10.2. The Morgan fingerprint density at radius 3 is 2.92 bits per heavy atom. The van der Waals surface area contributed by atoms with Gasteiger partial charge in [-0.05, 0) is 25.1 Å². The maximum absolute atomic E-state index is 4.39. The lowest BCUT2D eigenvalue weighted by Crippen LogP contribution is -2.02. The molecule has 0 amide bonds. The van der Waals surface area contributed by atoms with Crippen LogP contribution in [0.4, 0.5) is 0 Å². The number of nitrogens with zero attached hydrogens (tertiary/aromatic N) is 3. The highest BCUT2D eigenvalue weighted by molar-refractivity contribution is 5.10. The van der Waals surface area contributed by atoms with E-state index in [4.69, 9.17) is 0 Å². The van der Waals surface area contributed by atoms with E-state index < -0.39 is 0 Å². The first kappa shape index (κ1) is 7.98. The van der Waals surface area contributed by atoms with Gasteiger partial charge in [0.15, 0.2) is 0 Å². The van der Waals surface area contributed by atoms with E-state index in [-0.39, 0.29) is 0 Å². The quantitative estimate of drug-likeness (QED) is 0.691. The topological polar surface area (TPSA) is 30.7 Å². The molecule has 0 aliphatic carbocycles. The summed E-state index contributed by atoms with van der Waals surface area (Å²) < 4.78 is 1.86. The average Bonchev–Trinajstić information content (AvgIpc) is 2.57. The van der Waals surface area contributed by atoms with E-state index in [9.17, 15) is 0 Å². The minimum absolute atomic E-state index is 0.745. The predicted octanol–water partition coefficient (Wildman–Crippen LogP) is 1.63. The van der Waals surface area contributed by atoms with E-state index in [1.807, 2.05) is 42.1 Å². The molecule has 0 aliphatic rings. The third-order valence-corrected chi connectivity index (χ3v) is 1.83. The van der Waals surface area contributed by atoms with E-state index >= 15 is 0 Å². The summed E-state index contributed by atoms with van der Waals surface area (Å²) in [6.45, 7) is 2.74. The molecule has 0 saturated heterocycles. The van der Waals surface area contributed by atoms with Crippen LogP contribution in [0.25, 0.3) is 0 Å². The van der Waals surface area contributed by atoms with Crippen molar-refractivity contribution in [2.45, 2.75) is 13.5 Å². The molecule has 0 spiro atoms. The van der Waals surface area contributed by atoms with Gasteiger partial charge in [-0.25, -0.2) is 0 Å². The van der Waals surface area contributed by atoms with Crippen molar-refractivity contribution in [3.63, 3.8) is 0 Å². The van der Waals surface area contributed by atoms with Crippen molar-refractivity contribution in [1.82, 2.24) is 14.8 Å². The van der Waals surface area contributed by atoms with Gasteiger partial charge in [0.2, 0.25) is 0 Å². The molecule has 13 heavy (non-hydrogen) atoms. The third kappa shape index (κ3) is 1.93. The van der Waals surface area contributed by atoms with Crippen molar-refractivity contribution in [2.24, 2.45) is 0 Å². The fraction of sp³-hybridized carbons (Fsp3) is 0.200. The zero-order chi connectivity index (χ0) is 9.10. The number of hydrogen-bond acceptors (Lipinski definition) is 2. The lowest BCUT2D eigenvalue weighted by atomic mass is 10.3. The van der Waals surface area contributed by atoms with Crippen molar-refractivity contribution in [3.05, 3.63) is 48.0 Å². The molecule has 2 aromatic heterocycles. The molecule has 2 rings (SSSR count). The molecular formula is C10H11N3. The Labute approximate surface area is 77.0 Å². The van der Waals surface area contributed by atoms with Gasteiger partial charge in [0, 0.05) is 18.1 Å². The third-order valence-electron chi connectivity index (χ3n) is 1.83. The molecule has 0 radical (unpaired) electrons. The Kier molecular flexibility index (Phi) is 2.08. The van der Waals surface area contributed by atoms with Crippen molar-refractivity contribution in [1.29, 1.82) is 0 Å². The van der Waals surface area contributed by atoms with Crippen LogP contribution in [-0.2, 0) is 6.54 Å². The Hall–Kier alpha value is -1.64. The van der Waals surface area contributed by atoms with Crippen molar-refractivity contribution >= 4 is 0 Å². The Morgan fingerprint density at radius 2 is 2.23 bits per heavy atom. The largest absolute Gasteiger partial charge is 0.267 e. The molecule has 0 aromatic carbocycles. The molecule has 0 atom stereocenters. The number of aromatic nitrogens is 3. The van der Waals surface area contributed by atoms with Crippen LogP contribution in [-0.4, -0.2) is 14.8 Å². The maximum atomic E-state index is 4.39. The summed E-state index contributed by atoms with van der Waals surface area (Å²) in [5, 5.41) is 4.12. The van der Waals surface area contributed by atoms with Crippen LogP contribution in [0.3, 0.4) is 0 Å². The van der Waals surface area contributed by atoms with Crippen LogP contribution in [0.15, 0.2) is 36.7 Å². The zero-order valence-corrected chi connectivity index (χ0v) is 7.51. The van der Waals surface area contributed by atoms with Crippen LogP contribution >= 0.6 is 0 Å². The first-order valence-corrected chi connectivity index (χ1v) is 4.24. The van der Waals surface area contributed by atoms with E-state index in [0.717, 1.165) is 17.9 Å². The molecule has 0 saturated carbocycles. The molecule has 3 nitrogen and oxygen atoms in total. The Balaban J connectivity index is 2.19. The first-order valence-electron chi connectivity index (χ1n) is 4.24. The molecule has 0 N–H and O–H groups in total. The van der Waals surface area contributed by atoms with Gasteiger partial charge in [-0.2, -0.15) is 5.10 Å². The SMILES string of the molecule is Cc1cccc(Cn2cccn2)n1. The standard InChI is InChI=1S/C10H11N3/c1-9-4-2-5-10(12-9)8-13-7-3-6-11-13/h2-7H,8H2,1H3. The lowest BCUT2D eigenvalue weighted by molar-refractivity contribution is 0.671. The van der Waals surface area contributed by atoms with E-state index in [2.05, 4.69) is 10.1 Å². The smallest absolute Gasteiger partial charge is 0.0831 e. The van der Waals surface area contributed by atoms with Gasteiger partial charge in [-0.15, -0.1) is 0 Å². The molecule has 66 valence electrons. The lowest BCUT2D eigenvalue weighted by Gasteiger charge is -2.01. The van der Waals surface area contributed by atoms with E-state index in [1.54, 1.807) is 6.20 Å². The minimum atomic E-state index is 0.745. The highest BCUT2D eigenvalue weighted by Crippen LogP contribution is 1.99. The molecule has 0 bridgehead atoms. The summed E-state index contributed by atoms with van der Waals surface area (Å²) in [7, 11) is 0. The van der Waals surface area contributed by atoms with Gasteiger partial charge in [-0.3, -0.25) is 9.67 Å². The van der Waals surface area contributed by atoms with Crippen LogP contribution in [0.5, 0.6) is 0 Å². The molecule has 2 aromatic rings. The Bertz CT molecular complexity index is 379. The first-order chi connectivity index (χ1) is 6.34. The molecule has 2 heterocycles. The summed E-state index contributed by atoms with van der Waals surface area (Å²) >= 11 is 0. The van der Waals surface area contributed by atoms with Crippen LogP contribution in [0.2, 0.25) is 0 Å². The second-order valence-electron chi connectivity index (χ2n) is 2.97. The molecular weight excluding hydrogens is 162 g/mol. The van der Waals surface area contributed by atoms with E-state index in [1.165, 1.54) is 0 Å². The highest BCUT2D eigenvalue weighted by Gasteiger charge is 1.95. The zero-order valence-electron chi connectivity index (χ0n) is 7.51. The number of pyridine rings is 1. The van der Waals surface area contributed by atoms with Crippen LogP contribution in [0, 0.1) is 6.92 Å². The summed E-state index contributed by atoms with van der Waals surface area (Å²) in [4.78, 5) is 4.39. The predicted molar refractivity (Wildman–Crippen MR) is 50.3 cm³/mol. The van der Waals surface area contributed by atoms with E-state index in [0.29, 0.717) is 0 Å². The fourth-order valence-electron chi connectivity index (χ4n) is 1.25. The van der Waals surface area contributed by atoms with Crippen LogP contribution in [0.1, 0.15) is 11.4 Å². The second-order valence-corrected chi connectivity index (χ2v) is 2.97. The number of rotatable bonds is 2. The average molecular weight is 173 g/mol. The summed E-state index contributed by atoms with van der Waals surface area (Å²) in [6.07, 6.45) is 3.71. The second kappa shape index (κ2) is 3.39. The molecule has 3 heteroatoms. The van der Waals surface area contributed by atoms with Crippen molar-refractivity contribution < 1.29 is 0 Å². The number of hydrogen-bond donors (Lipinski definition) is 0. The Morgan fingerprint density at radius 1 is 1.31 bits per heavy atom.